The Morgan fingerprint density at radius 2 is 0.942 bits per heavy atom. The second-order valence-corrected chi connectivity index (χ2v) is 17.3. The van der Waals surface area contributed by atoms with Crippen molar-refractivity contribution in [3.8, 4) is 22.5 Å². The molecule has 2 N–H and O–H groups in total. The molecule has 360 valence electrons. The van der Waals surface area contributed by atoms with Gasteiger partial charge in [-0.25, -0.2) is 9.69 Å². The van der Waals surface area contributed by atoms with Crippen molar-refractivity contribution in [1.82, 2.24) is 19.4 Å². The molecule has 2 aliphatic heterocycles. The highest BCUT2D eigenvalue weighted by molar-refractivity contribution is 5.68. The molecule has 2 aromatic heterocycles. The van der Waals surface area contributed by atoms with Crippen molar-refractivity contribution in [1.29, 1.82) is 0 Å². The normalized spacial score (nSPS) is 14.1. The SMILES string of the molecule is C1CCNCC1.[C-]#[N+]c1c(C(F)(F)F)cc(-c2cccc(C)c2)n(Cc2ccc(CN3CCCCC3)cc2)c1=O.[C-]#[N+]c1c(C(F)(F)F)cc(-c2cccc(C)c2)n(Cc2ccc(CO)cc2)c1=O. The number of alkyl halides is 6. The van der Waals surface area contributed by atoms with E-state index in [1.807, 2.05) is 37.3 Å². The lowest BCUT2D eigenvalue weighted by atomic mass is 10.0. The van der Waals surface area contributed by atoms with Crippen LogP contribution in [0.15, 0.2) is 119 Å². The highest BCUT2D eigenvalue weighted by Crippen LogP contribution is 2.39. The summed E-state index contributed by atoms with van der Waals surface area (Å²) in [6.07, 6.45) is -1.72. The van der Waals surface area contributed by atoms with Crippen LogP contribution in [0.3, 0.4) is 0 Å². The van der Waals surface area contributed by atoms with Crippen LogP contribution in [0.25, 0.3) is 32.2 Å². The zero-order valence-electron chi connectivity index (χ0n) is 38.6. The van der Waals surface area contributed by atoms with Gasteiger partial charge in [-0.15, -0.1) is 0 Å². The highest BCUT2D eigenvalue weighted by atomic mass is 19.4. The van der Waals surface area contributed by atoms with Crippen molar-refractivity contribution in [2.75, 3.05) is 26.2 Å². The van der Waals surface area contributed by atoms with Gasteiger partial charge in [-0.05, 0) is 123 Å². The first-order chi connectivity index (χ1) is 33.0. The van der Waals surface area contributed by atoms with Crippen LogP contribution in [0, 0.1) is 27.0 Å². The Kier molecular flexibility index (Phi) is 17.6. The van der Waals surface area contributed by atoms with E-state index in [9.17, 15) is 35.9 Å². The van der Waals surface area contributed by atoms with E-state index in [1.54, 1.807) is 73.7 Å². The highest BCUT2D eigenvalue weighted by Gasteiger charge is 2.37. The average molecular weight is 949 g/mol. The molecule has 0 saturated carbocycles. The van der Waals surface area contributed by atoms with E-state index in [4.69, 9.17) is 18.3 Å². The molecule has 2 fully saturated rings. The first-order valence-corrected chi connectivity index (χ1v) is 22.8. The molecule has 0 amide bonds. The summed E-state index contributed by atoms with van der Waals surface area (Å²) in [5, 5.41) is 12.4. The fourth-order valence-corrected chi connectivity index (χ4v) is 8.36. The summed E-state index contributed by atoms with van der Waals surface area (Å²) < 4.78 is 84.1. The molecule has 4 heterocycles. The molecule has 0 atom stereocenters. The summed E-state index contributed by atoms with van der Waals surface area (Å²) in [4.78, 5) is 34.3. The van der Waals surface area contributed by atoms with Gasteiger partial charge in [-0.1, -0.05) is 109 Å². The van der Waals surface area contributed by atoms with Crippen LogP contribution < -0.4 is 16.4 Å². The first kappa shape index (κ1) is 51.6. The van der Waals surface area contributed by atoms with E-state index in [2.05, 4.69) is 19.9 Å². The number of halogens is 6. The van der Waals surface area contributed by atoms with Crippen LogP contribution in [0.5, 0.6) is 0 Å². The second kappa shape index (κ2) is 23.5. The molecule has 2 aliphatic rings. The minimum Gasteiger partial charge on any atom is -0.392 e. The van der Waals surface area contributed by atoms with E-state index < -0.39 is 46.0 Å². The van der Waals surface area contributed by atoms with Crippen LogP contribution in [0.2, 0.25) is 0 Å². The van der Waals surface area contributed by atoms with Crippen LogP contribution in [-0.2, 0) is 38.6 Å². The number of aromatic nitrogens is 2. The third-order valence-corrected chi connectivity index (χ3v) is 12.0. The maximum atomic E-state index is 13.7. The third-order valence-electron chi connectivity index (χ3n) is 12.0. The van der Waals surface area contributed by atoms with Crippen LogP contribution in [0.4, 0.5) is 37.7 Å². The van der Waals surface area contributed by atoms with Crippen molar-refractivity contribution in [3.05, 3.63) is 197 Å². The number of piperidine rings is 2. The van der Waals surface area contributed by atoms with Gasteiger partial charge in [0.05, 0.1) is 30.9 Å². The minimum atomic E-state index is -4.82. The molecule has 2 saturated heterocycles. The lowest BCUT2D eigenvalue weighted by Gasteiger charge is -2.26. The quantitative estimate of drug-likeness (QED) is 0.111. The molecule has 0 unspecified atom stereocenters. The van der Waals surface area contributed by atoms with E-state index in [0.29, 0.717) is 22.3 Å². The summed E-state index contributed by atoms with van der Waals surface area (Å²) in [5.74, 6) is 0. The number of pyridine rings is 2. The van der Waals surface area contributed by atoms with Gasteiger partial charge in [0, 0.05) is 31.0 Å². The molecule has 0 bridgehead atoms. The van der Waals surface area contributed by atoms with E-state index in [-0.39, 0.29) is 31.1 Å². The number of aliphatic hydroxyl groups is 1. The summed E-state index contributed by atoms with van der Waals surface area (Å²) in [5.41, 5.74) is -0.0327. The van der Waals surface area contributed by atoms with Gasteiger partial charge in [0.15, 0.2) is 0 Å². The minimum absolute atomic E-state index is 0.00548. The molecule has 6 aromatic rings. The molecule has 0 radical (unpaired) electrons. The number of aliphatic hydroxyl groups excluding tert-OH is 1. The molecule has 8 rings (SSSR count). The maximum absolute atomic E-state index is 13.7. The Balaban J connectivity index is 0.000000204. The van der Waals surface area contributed by atoms with Crippen molar-refractivity contribution in [2.45, 2.75) is 91.0 Å². The summed E-state index contributed by atoms with van der Waals surface area (Å²) in [6, 6.07) is 30.1. The molecule has 9 nitrogen and oxygen atoms in total. The lowest BCUT2D eigenvalue weighted by molar-refractivity contribution is -0.137. The maximum Gasteiger partial charge on any atom is 0.407 e. The van der Waals surface area contributed by atoms with Gasteiger partial charge in [-0.2, -0.15) is 26.3 Å². The largest absolute Gasteiger partial charge is 0.407 e. The van der Waals surface area contributed by atoms with Crippen molar-refractivity contribution < 1.29 is 31.4 Å². The molecule has 69 heavy (non-hydrogen) atoms. The number of likely N-dealkylation sites (tertiary alicyclic amines) is 1. The van der Waals surface area contributed by atoms with E-state index in [0.717, 1.165) is 54.0 Å². The molecule has 15 heteroatoms. The van der Waals surface area contributed by atoms with Crippen LogP contribution >= 0.6 is 0 Å². The van der Waals surface area contributed by atoms with Gasteiger partial charge >= 0.3 is 12.4 Å². The van der Waals surface area contributed by atoms with E-state index in [1.165, 1.54) is 60.7 Å². The number of rotatable bonds is 9. The average Bonchev–Trinajstić information content (AvgIpc) is 3.34. The van der Waals surface area contributed by atoms with Crippen molar-refractivity contribution in [2.24, 2.45) is 0 Å². The number of hydrogen-bond acceptors (Lipinski definition) is 5. The predicted octanol–water partition coefficient (Wildman–Crippen LogP) is 12.1. The van der Waals surface area contributed by atoms with E-state index >= 15 is 0 Å². The molecular weight excluding hydrogens is 895 g/mol. The Labute approximate surface area is 398 Å². The summed E-state index contributed by atoms with van der Waals surface area (Å²) in [7, 11) is 0. The number of benzene rings is 4. The topological polar surface area (TPSA) is 88.2 Å². The van der Waals surface area contributed by atoms with Crippen molar-refractivity contribution >= 4 is 11.4 Å². The fourth-order valence-electron chi connectivity index (χ4n) is 8.36. The Morgan fingerprint density at radius 1 is 0.551 bits per heavy atom. The van der Waals surface area contributed by atoms with Gasteiger partial charge in [0.2, 0.25) is 0 Å². The number of hydrogen-bond donors (Lipinski definition) is 2. The predicted molar refractivity (Wildman–Crippen MR) is 257 cm³/mol. The second-order valence-electron chi connectivity index (χ2n) is 17.3. The Bertz CT molecular complexity index is 2890. The summed E-state index contributed by atoms with van der Waals surface area (Å²) in [6.45, 7) is 23.5. The number of aryl methyl sites for hydroxylation is 2. The smallest absolute Gasteiger partial charge is 0.392 e. The molecular formula is C54H54F6N6O3. The zero-order valence-corrected chi connectivity index (χ0v) is 38.6. The summed E-state index contributed by atoms with van der Waals surface area (Å²) >= 11 is 0. The fraction of sp³-hybridized carbons (Fsp3) is 0.333. The molecule has 0 aliphatic carbocycles. The van der Waals surface area contributed by atoms with Gasteiger partial charge in [0.1, 0.15) is 0 Å². The lowest BCUT2D eigenvalue weighted by Crippen LogP contribution is -2.29. The Morgan fingerprint density at radius 3 is 1.28 bits per heavy atom. The zero-order chi connectivity index (χ0) is 49.7. The van der Waals surface area contributed by atoms with Gasteiger partial charge in [0.25, 0.3) is 22.5 Å². The molecule has 0 spiro atoms. The monoisotopic (exact) mass is 948 g/mol. The van der Waals surface area contributed by atoms with Crippen LogP contribution in [-0.4, -0.2) is 45.3 Å². The number of nitrogens with zero attached hydrogens (tertiary/aromatic N) is 5. The first-order valence-electron chi connectivity index (χ1n) is 22.8. The van der Waals surface area contributed by atoms with Gasteiger partial charge in [-0.3, -0.25) is 14.5 Å². The number of nitrogens with one attached hydrogen (secondary N) is 1. The standard InChI is InChI=1S/C27H26F3N3O.C22H17F3N2O2.C5H11N/c1-19-7-6-8-22(15-19)24-16-23(27(28,29)30)25(31-2)26(34)33(24)18-21-11-9-20(10-12-21)17-32-13-4-3-5-14-32;1-14-4-3-5-17(10-14)19-11-18(22(23,24)25)20(26-2)21(29)27(19)12-15-6-8-16(13-28)9-7-15;1-2-4-6-5-3-1/h6-12,15-16H,3-5,13-14,17-18H2,1H3;3-11,28H,12-13H2,1H3;6H,1-5H2. The van der Waals surface area contributed by atoms with Gasteiger partial charge < -0.3 is 19.6 Å². The third kappa shape index (κ3) is 13.7. The van der Waals surface area contributed by atoms with Crippen LogP contribution in [0.1, 0.15) is 83.0 Å². The Hall–Kier alpha value is -6.78. The van der Waals surface area contributed by atoms with Crippen molar-refractivity contribution in [3.63, 3.8) is 0 Å². The molecule has 4 aromatic carbocycles.